The van der Waals surface area contributed by atoms with E-state index in [1.54, 1.807) is 0 Å². The molecule has 2 rings (SSSR count). The minimum absolute atomic E-state index is 0.0809. The van der Waals surface area contributed by atoms with Gasteiger partial charge >= 0.3 is 0 Å². The van der Waals surface area contributed by atoms with Crippen LogP contribution in [0.15, 0.2) is 0 Å². The molecular weight excluding hydrogens is 226 g/mol. The smallest absolute Gasteiger partial charge is 0.237 e. The summed E-state index contributed by atoms with van der Waals surface area (Å²) in [6.45, 7) is 7.34. The van der Waals surface area contributed by atoms with Gasteiger partial charge in [-0.2, -0.15) is 0 Å². The molecule has 3 atom stereocenters. The van der Waals surface area contributed by atoms with Gasteiger partial charge in [-0.25, -0.2) is 0 Å². The Balaban J connectivity index is 1.89. The summed E-state index contributed by atoms with van der Waals surface area (Å²) in [5, 5.41) is 6.58. The summed E-state index contributed by atoms with van der Waals surface area (Å²) < 4.78 is 0. The summed E-state index contributed by atoms with van der Waals surface area (Å²) >= 11 is 0. The molecule has 18 heavy (non-hydrogen) atoms. The fourth-order valence-electron chi connectivity index (χ4n) is 3.35. The fraction of sp³-hybridized carbons (Fsp3) is 0.929. The molecule has 0 aliphatic carbocycles. The van der Waals surface area contributed by atoms with Crippen LogP contribution in [0.5, 0.6) is 0 Å². The van der Waals surface area contributed by atoms with Crippen LogP contribution in [-0.4, -0.2) is 48.6 Å². The number of carbonyl (C=O) groups is 1. The second-order valence-electron chi connectivity index (χ2n) is 5.68. The highest BCUT2D eigenvalue weighted by molar-refractivity contribution is 5.82. The lowest BCUT2D eigenvalue weighted by Crippen LogP contribution is -2.58. The van der Waals surface area contributed by atoms with Crippen LogP contribution in [0, 0.1) is 0 Å². The average Bonchev–Trinajstić information content (AvgIpc) is 2.39. The largest absolute Gasteiger partial charge is 0.353 e. The van der Waals surface area contributed by atoms with E-state index in [2.05, 4.69) is 29.4 Å². The second kappa shape index (κ2) is 6.53. The van der Waals surface area contributed by atoms with Crippen LogP contribution in [0.25, 0.3) is 0 Å². The molecule has 2 N–H and O–H groups in total. The molecule has 4 heteroatoms. The number of carbonyl (C=O) groups excluding carboxylic acids is 1. The van der Waals surface area contributed by atoms with E-state index in [1.165, 1.54) is 25.7 Å². The minimum atomic E-state index is 0.0809. The molecule has 0 aromatic heterocycles. The third-order valence-electron chi connectivity index (χ3n) is 4.36. The standard InChI is InChI=1S/C14H27N3O/c1-3-13-14(18)16-8-9-17(13)11(2)10-12-6-4-5-7-15-12/h11-13,15H,3-10H2,1-2H3,(H,16,18). The molecule has 0 bridgehead atoms. The Morgan fingerprint density at radius 1 is 1.39 bits per heavy atom. The van der Waals surface area contributed by atoms with E-state index in [4.69, 9.17) is 0 Å². The van der Waals surface area contributed by atoms with Crippen molar-refractivity contribution in [1.29, 1.82) is 0 Å². The van der Waals surface area contributed by atoms with E-state index >= 15 is 0 Å². The zero-order valence-electron chi connectivity index (χ0n) is 11.7. The predicted molar refractivity (Wildman–Crippen MR) is 73.5 cm³/mol. The topological polar surface area (TPSA) is 44.4 Å². The van der Waals surface area contributed by atoms with Gasteiger partial charge in [0.2, 0.25) is 5.91 Å². The van der Waals surface area contributed by atoms with Gasteiger partial charge in [0.1, 0.15) is 0 Å². The number of rotatable bonds is 4. The predicted octanol–water partition coefficient (Wildman–Crippen LogP) is 1.12. The number of nitrogens with zero attached hydrogens (tertiary/aromatic N) is 1. The summed E-state index contributed by atoms with van der Waals surface area (Å²) in [5.74, 6) is 0.215. The van der Waals surface area contributed by atoms with Crippen LogP contribution < -0.4 is 10.6 Å². The monoisotopic (exact) mass is 253 g/mol. The Kier molecular flexibility index (Phi) is 5.01. The Bertz CT molecular complexity index is 276. The van der Waals surface area contributed by atoms with Gasteiger partial charge in [-0.15, -0.1) is 0 Å². The molecule has 2 aliphatic rings. The van der Waals surface area contributed by atoms with Crippen LogP contribution in [0.4, 0.5) is 0 Å². The number of hydrogen-bond acceptors (Lipinski definition) is 3. The maximum Gasteiger partial charge on any atom is 0.237 e. The van der Waals surface area contributed by atoms with Crippen LogP contribution in [0.2, 0.25) is 0 Å². The number of amides is 1. The quantitative estimate of drug-likeness (QED) is 0.789. The van der Waals surface area contributed by atoms with Crippen molar-refractivity contribution in [3.05, 3.63) is 0 Å². The van der Waals surface area contributed by atoms with Crippen LogP contribution in [-0.2, 0) is 4.79 Å². The molecule has 1 amide bonds. The number of piperazine rings is 1. The molecule has 0 spiro atoms. The zero-order chi connectivity index (χ0) is 13.0. The van der Waals surface area contributed by atoms with E-state index in [0.29, 0.717) is 12.1 Å². The van der Waals surface area contributed by atoms with Crippen LogP contribution in [0.3, 0.4) is 0 Å². The number of nitrogens with one attached hydrogen (secondary N) is 2. The van der Waals surface area contributed by atoms with Crippen LogP contribution >= 0.6 is 0 Å². The second-order valence-corrected chi connectivity index (χ2v) is 5.68. The van der Waals surface area contributed by atoms with Gasteiger partial charge in [0.15, 0.2) is 0 Å². The van der Waals surface area contributed by atoms with Crippen molar-refractivity contribution in [2.24, 2.45) is 0 Å². The van der Waals surface area contributed by atoms with Crippen molar-refractivity contribution in [3.63, 3.8) is 0 Å². The van der Waals surface area contributed by atoms with Crippen molar-refractivity contribution in [3.8, 4) is 0 Å². The molecule has 0 aromatic rings. The van der Waals surface area contributed by atoms with E-state index in [9.17, 15) is 4.79 Å². The van der Waals surface area contributed by atoms with E-state index in [-0.39, 0.29) is 11.9 Å². The normalized spacial score (nSPS) is 32.0. The van der Waals surface area contributed by atoms with Gasteiger partial charge < -0.3 is 10.6 Å². The van der Waals surface area contributed by atoms with Gasteiger partial charge in [-0.1, -0.05) is 13.3 Å². The van der Waals surface area contributed by atoms with Crippen molar-refractivity contribution >= 4 is 5.91 Å². The maximum absolute atomic E-state index is 11.9. The van der Waals surface area contributed by atoms with Crippen molar-refractivity contribution in [1.82, 2.24) is 15.5 Å². The molecule has 3 unspecified atom stereocenters. The van der Waals surface area contributed by atoms with E-state index in [1.807, 2.05) is 0 Å². The minimum Gasteiger partial charge on any atom is -0.353 e. The summed E-state index contributed by atoms with van der Waals surface area (Å²) in [6.07, 6.45) is 6.04. The van der Waals surface area contributed by atoms with Gasteiger partial charge in [0.25, 0.3) is 0 Å². The summed E-state index contributed by atoms with van der Waals surface area (Å²) in [4.78, 5) is 14.3. The Morgan fingerprint density at radius 3 is 2.89 bits per heavy atom. The SMILES string of the molecule is CCC1C(=O)NCCN1C(C)CC1CCCCN1. The highest BCUT2D eigenvalue weighted by Gasteiger charge is 2.32. The molecule has 0 saturated carbocycles. The Hall–Kier alpha value is -0.610. The first-order chi connectivity index (χ1) is 8.72. The number of piperidine rings is 1. The zero-order valence-corrected chi connectivity index (χ0v) is 11.7. The average molecular weight is 253 g/mol. The molecule has 104 valence electrons. The lowest BCUT2D eigenvalue weighted by atomic mass is 9.96. The molecule has 2 saturated heterocycles. The molecule has 4 nitrogen and oxygen atoms in total. The summed E-state index contributed by atoms with van der Waals surface area (Å²) in [5.41, 5.74) is 0. The first-order valence-corrected chi connectivity index (χ1v) is 7.49. The van der Waals surface area contributed by atoms with Crippen molar-refractivity contribution in [2.45, 2.75) is 64.1 Å². The molecular formula is C14H27N3O. The van der Waals surface area contributed by atoms with Crippen molar-refractivity contribution in [2.75, 3.05) is 19.6 Å². The fourth-order valence-corrected chi connectivity index (χ4v) is 3.35. The van der Waals surface area contributed by atoms with E-state index in [0.717, 1.165) is 26.1 Å². The Morgan fingerprint density at radius 2 is 2.22 bits per heavy atom. The first-order valence-electron chi connectivity index (χ1n) is 7.49. The molecule has 0 radical (unpaired) electrons. The molecule has 2 fully saturated rings. The van der Waals surface area contributed by atoms with Gasteiger partial charge in [-0.05, 0) is 39.2 Å². The summed E-state index contributed by atoms with van der Waals surface area (Å²) in [7, 11) is 0. The lowest BCUT2D eigenvalue weighted by molar-refractivity contribution is -0.130. The van der Waals surface area contributed by atoms with Gasteiger partial charge in [0, 0.05) is 25.2 Å². The molecule has 2 heterocycles. The first kappa shape index (κ1) is 13.8. The third kappa shape index (κ3) is 3.23. The molecule has 0 aromatic carbocycles. The molecule has 2 aliphatic heterocycles. The van der Waals surface area contributed by atoms with Gasteiger partial charge in [0.05, 0.1) is 6.04 Å². The summed E-state index contributed by atoms with van der Waals surface area (Å²) in [6, 6.07) is 1.23. The highest BCUT2D eigenvalue weighted by Crippen LogP contribution is 2.19. The highest BCUT2D eigenvalue weighted by atomic mass is 16.2. The number of hydrogen-bond donors (Lipinski definition) is 2. The van der Waals surface area contributed by atoms with Gasteiger partial charge in [-0.3, -0.25) is 9.69 Å². The maximum atomic E-state index is 11.9. The van der Waals surface area contributed by atoms with E-state index < -0.39 is 0 Å². The Labute approximate surface area is 110 Å². The third-order valence-corrected chi connectivity index (χ3v) is 4.36. The van der Waals surface area contributed by atoms with Crippen LogP contribution in [0.1, 0.15) is 46.0 Å². The van der Waals surface area contributed by atoms with Crippen molar-refractivity contribution < 1.29 is 4.79 Å². The lowest BCUT2D eigenvalue weighted by Gasteiger charge is -2.40.